The van der Waals surface area contributed by atoms with Gasteiger partial charge in [0.2, 0.25) is 0 Å². The van der Waals surface area contributed by atoms with Crippen LogP contribution in [-0.2, 0) is 27.0 Å². The van der Waals surface area contributed by atoms with Gasteiger partial charge >= 0.3 is 18.4 Å². The molecule has 0 aliphatic carbocycles. The van der Waals surface area contributed by atoms with Gasteiger partial charge in [0.15, 0.2) is 0 Å². The number of rotatable bonds is 4. The lowest BCUT2D eigenvalue weighted by Gasteiger charge is -2.37. The normalized spacial score (nSPS) is 16.9. The number of aromatic nitrogens is 2. The van der Waals surface area contributed by atoms with Crippen LogP contribution >= 0.6 is 0 Å². The van der Waals surface area contributed by atoms with Crippen molar-refractivity contribution in [3.63, 3.8) is 0 Å². The first-order valence-electron chi connectivity index (χ1n) is 12.6. The molecule has 3 heterocycles. The van der Waals surface area contributed by atoms with Crippen LogP contribution in [0.3, 0.4) is 0 Å². The average Bonchev–Trinajstić information content (AvgIpc) is 3.55. The second-order valence-electron chi connectivity index (χ2n) is 9.84. The quantitative estimate of drug-likeness (QED) is 0.353. The van der Waals surface area contributed by atoms with Gasteiger partial charge in [-0.2, -0.15) is 27.9 Å². The van der Waals surface area contributed by atoms with Crippen molar-refractivity contribution in [2.24, 2.45) is 0 Å². The van der Waals surface area contributed by atoms with E-state index in [0.717, 1.165) is 33.8 Å². The van der Waals surface area contributed by atoms with Crippen molar-refractivity contribution < 1.29 is 32.3 Å². The number of amides is 1. The summed E-state index contributed by atoms with van der Waals surface area (Å²) in [6.45, 7) is 2.06. The van der Waals surface area contributed by atoms with Crippen LogP contribution in [0.15, 0.2) is 72.9 Å². The molecule has 3 aromatic carbocycles. The number of carbonyl (C=O) groups is 1. The summed E-state index contributed by atoms with van der Waals surface area (Å²) < 4.78 is 46.7. The van der Waals surface area contributed by atoms with Crippen LogP contribution in [0.4, 0.5) is 23.7 Å². The summed E-state index contributed by atoms with van der Waals surface area (Å²) >= 11 is 0. The van der Waals surface area contributed by atoms with E-state index in [1.807, 2.05) is 48.5 Å². The SMILES string of the molecule is O=C1OC2(CCN(Cc3cc(C(F)(F)F)ccc3-c3cccc4[nH]ncc34)CC2)CN1c1ccccc1.O=C=O. The lowest BCUT2D eigenvalue weighted by Crippen LogP contribution is -2.46. The van der Waals surface area contributed by atoms with Crippen molar-refractivity contribution in [3.05, 3.63) is 84.1 Å². The van der Waals surface area contributed by atoms with Gasteiger partial charge in [0, 0.05) is 43.5 Å². The van der Waals surface area contributed by atoms with Crippen LogP contribution < -0.4 is 4.90 Å². The number of nitrogens with zero attached hydrogens (tertiary/aromatic N) is 3. The molecule has 0 bridgehead atoms. The fourth-order valence-electron chi connectivity index (χ4n) is 5.42. The molecule has 1 N–H and O–H groups in total. The Morgan fingerprint density at radius 3 is 2.40 bits per heavy atom. The second-order valence-corrected chi connectivity index (χ2v) is 9.84. The first-order valence-corrected chi connectivity index (χ1v) is 12.6. The Hall–Kier alpha value is -4.47. The van der Waals surface area contributed by atoms with E-state index >= 15 is 0 Å². The van der Waals surface area contributed by atoms with Gasteiger partial charge in [0.25, 0.3) is 0 Å². The van der Waals surface area contributed by atoms with Crippen molar-refractivity contribution in [3.8, 4) is 11.1 Å². The summed E-state index contributed by atoms with van der Waals surface area (Å²) in [5.41, 5.74) is 2.58. The highest BCUT2D eigenvalue weighted by Crippen LogP contribution is 2.39. The molecule has 4 aromatic rings. The van der Waals surface area contributed by atoms with Crippen LogP contribution in [0.25, 0.3) is 22.0 Å². The number of alkyl halides is 3. The number of hydrogen-bond donors (Lipinski definition) is 1. The smallest absolute Gasteiger partial charge is 0.416 e. The van der Waals surface area contributed by atoms with Gasteiger partial charge in [-0.25, -0.2) is 4.79 Å². The monoisotopic (exact) mass is 550 g/mol. The number of H-pyrrole nitrogens is 1. The van der Waals surface area contributed by atoms with Crippen molar-refractivity contribution >= 4 is 28.8 Å². The minimum absolute atomic E-state index is 0.250. The number of benzene rings is 3. The number of ether oxygens (including phenoxy) is 1. The van der Waals surface area contributed by atoms with E-state index in [1.54, 1.807) is 17.2 Å². The molecule has 2 fully saturated rings. The Kier molecular flexibility index (Phi) is 7.42. The Morgan fingerprint density at radius 2 is 1.70 bits per heavy atom. The van der Waals surface area contributed by atoms with E-state index in [2.05, 4.69) is 15.1 Å². The molecular formula is C29H25F3N4O4. The standard InChI is InChI=1S/C28H25F3N4O2.CO2/c29-28(30,31)20-9-10-22(23-7-4-8-25-24(23)16-32-33-25)19(15-20)17-34-13-11-27(12-14-34)18-35(26(36)37-27)21-5-2-1-3-6-21;2-1-3/h1-10,15-16H,11-14,17-18H2,(H,32,33);. The van der Waals surface area contributed by atoms with Crippen molar-refractivity contribution in [2.75, 3.05) is 24.5 Å². The van der Waals surface area contributed by atoms with Gasteiger partial charge < -0.3 is 4.74 Å². The summed E-state index contributed by atoms with van der Waals surface area (Å²) in [5, 5.41) is 7.89. The van der Waals surface area contributed by atoms with E-state index in [-0.39, 0.29) is 12.2 Å². The maximum atomic E-state index is 13.6. The lowest BCUT2D eigenvalue weighted by molar-refractivity contribution is -0.191. The molecule has 40 heavy (non-hydrogen) atoms. The summed E-state index contributed by atoms with van der Waals surface area (Å²) in [4.78, 5) is 32.7. The third-order valence-electron chi connectivity index (χ3n) is 7.41. The van der Waals surface area contributed by atoms with Crippen LogP contribution in [0, 0.1) is 0 Å². The number of carbonyl (C=O) groups excluding carboxylic acids is 3. The van der Waals surface area contributed by atoms with Gasteiger partial charge in [-0.15, -0.1) is 0 Å². The Morgan fingerprint density at radius 1 is 0.975 bits per heavy atom. The summed E-state index contributed by atoms with van der Waals surface area (Å²) in [6.07, 6.45) is -1.60. The van der Waals surface area contributed by atoms with E-state index in [4.69, 9.17) is 14.3 Å². The molecule has 2 aliphatic rings. The number of likely N-dealkylation sites (tertiary alicyclic amines) is 1. The van der Waals surface area contributed by atoms with Crippen molar-refractivity contribution in [1.82, 2.24) is 15.1 Å². The molecule has 8 nitrogen and oxygen atoms in total. The van der Waals surface area contributed by atoms with Gasteiger partial charge in [-0.3, -0.25) is 14.9 Å². The third-order valence-corrected chi connectivity index (χ3v) is 7.41. The molecular weight excluding hydrogens is 525 g/mol. The number of nitrogens with one attached hydrogen (secondary N) is 1. The minimum Gasteiger partial charge on any atom is -0.441 e. The highest BCUT2D eigenvalue weighted by atomic mass is 19.4. The highest BCUT2D eigenvalue weighted by Gasteiger charge is 2.47. The minimum atomic E-state index is -4.43. The number of fused-ring (bicyclic) bond motifs is 1. The molecule has 206 valence electrons. The number of piperidine rings is 1. The molecule has 1 aromatic heterocycles. The summed E-state index contributed by atoms with van der Waals surface area (Å²) in [5.74, 6) is 0. The van der Waals surface area contributed by atoms with Gasteiger partial charge in [-0.05, 0) is 47.0 Å². The maximum Gasteiger partial charge on any atom is 0.416 e. The average molecular weight is 551 g/mol. The maximum absolute atomic E-state index is 13.6. The Bertz CT molecular complexity index is 1540. The van der Waals surface area contributed by atoms with Crippen LogP contribution in [0.5, 0.6) is 0 Å². The molecule has 0 radical (unpaired) electrons. The Balaban J connectivity index is 0.00000103. The van der Waals surface area contributed by atoms with Crippen molar-refractivity contribution in [2.45, 2.75) is 31.2 Å². The van der Waals surface area contributed by atoms with Crippen LogP contribution in [0.1, 0.15) is 24.0 Å². The number of halogens is 3. The molecule has 6 rings (SSSR count). The molecule has 0 atom stereocenters. The molecule has 0 unspecified atom stereocenters. The largest absolute Gasteiger partial charge is 0.441 e. The summed E-state index contributed by atoms with van der Waals surface area (Å²) in [7, 11) is 0. The number of aromatic amines is 1. The van der Waals surface area contributed by atoms with E-state index in [9.17, 15) is 18.0 Å². The van der Waals surface area contributed by atoms with Gasteiger partial charge in [0.1, 0.15) is 5.60 Å². The molecule has 0 saturated carbocycles. The van der Waals surface area contributed by atoms with Gasteiger partial charge in [0.05, 0.1) is 23.8 Å². The zero-order chi connectivity index (χ0) is 28.3. The first kappa shape index (κ1) is 27.1. The topological polar surface area (TPSA) is 95.6 Å². The zero-order valence-electron chi connectivity index (χ0n) is 21.3. The third kappa shape index (κ3) is 5.47. The molecule has 2 saturated heterocycles. The van der Waals surface area contributed by atoms with Crippen LogP contribution in [0.2, 0.25) is 0 Å². The predicted octanol–water partition coefficient (Wildman–Crippen LogP) is 5.66. The molecule has 2 aliphatic heterocycles. The number of hydrogen-bond acceptors (Lipinski definition) is 6. The number of anilines is 1. The highest BCUT2D eigenvalue weighted by molar-refractivity contribution is 5.95. The fraction of sp³-hybridized carbons (Fsp3) is 0.276. The fourth-order valence-corrected chi connectivity index (χ4v) is 5.42. The predicted molar refractivity (Wildman–Crippen MR) is 139 cm³/mol. The van der Waals surface area contributed by atoms with E-state index < -0.39 is 17.3 Å². The number of para-hydroxylation sites is 1. The second kappa shape index (κ2) is 11.0. The summed E-state index contributed by atoms with van der Waals surface area (Å²) in [6, 6.07) is 19.0. The van der Waals surface area contributed by atoms with Gasteiger partial charge in [-0.1, -0.05) is 36.4 Å². The van der Waals surface area contributed by atoms with Crippen molar-refractivity contribution in [1.29, 1.82) is 0 Å². The van der Waals surface area contributed by atoms with E-state index in [0.29, 0.717) is 44.6 Å². The molecule has 11 heteroatoms. The lowest BCUT2D eigenvalue weighted by atomic mass is 9.90. The zero-order valence-corrected chi connectivity index (χ0v) is 21.3. The first-order chi connectivity index (χ1) is 19.2. The molecule has 1 amide bonds. The molecule has 1 spiro atoms. The Labute approximate surface area is 227 Å². The van der Waals surface area contributed by atoms with E-state index in [1.165, 1.54) is 6.07 Å². The van der Waals surface area contributed by atoms with Crippen LogP contribution in [-0.4, -0.2) is 52.6 Å².